The van der Waals surface area contributed by atoms with Gasteiger partial charge in [0.1, 0.15) is 11.3 Å². The van der Waals surface area contributed by atoms with Crippen LogP contribution in [0.2, 0.25) is 5.02 Å². The van der Waals surface area contributed by atoms with E-state index in [1.807, 2.05) is 6.92 Å². The first kappa shape index (κ1) is 20.0. The lowest BCUT2D eigenvalue weighted by Gasteiger charge is -2.31. The normalized spacial score (nSPS) is 15.1. The zero-order chi connectivity index (χ0) is 20.4. The highest BCUT2D eigenvalue weighted by molar-refractivity contribution is 6.30. The van der Waals surface area contributed by atoms with E-state index in [2.05, 4.69) is 39.5 Å². The van der Waals surface area contributed by atoms with Crippen LogP contribution in [-0.4, -0.2) is 33.8 Å². The van der Waals surface area contributed by atoms with Crippen molar-refractivity contribution in [1.29, 1.82) is 0 Å². The Balaban J connectivity index is 1.44. The molecule has 1 amide bonds. The fraction of sp³-hybridized carbons (Fsp3) is 0.364. The number of fused-ring (bicyclic) bond motifs is 1. The van der Waals surface area contributed by atoms with E-state index in [0.717, 1.165) is 37.2 Å². The molecule has 0 unspecified atom stereocenters. The second kappa shape index (κ2) is 8.64. The maximum Gasteiger partial charge on any atom is 0.270 e. The average Bonchev–Trinajstić information content (AvgIpc) is 3.10. The zero-order valence-corrected chi connectivity index (χ0v) is 17.9. The molecule has 1 saturated heterocycles. The summed E-state index contributed by atoms with van der Waals surface area (Å²) in [6.07, 6.45) is 4.50. The van der Waals surface area contributed by atoms with Gasteiger partial charge in [-0.05, 0) is 43.0 Å². The van der Waals surface area contributed by atoms with Crippen molar-refractivity contribution in [3.8, 4) is 0 Å². The molecule has 3 heterocycles. The number of nitrogens with one attached hydrogen (secondary N) is 1. The van der Waals surface area contributed by atoms with Gasteiger partial charge in [-0.1, -0.05) is 30.7 Å². The minimum atomic E-state index is -0.134. The topological polar surface area (TPSA) is 49.6 Å². The Hall–Kier alpha value is -2.24. The van der Waals surface area contributed by atoms with Gasteiger partial charge in [0, 0.05) is 48.0 Å². The molecular formula is C22H24Cl2N4O. The van der Waals surface area contributed by atoms with Crippen LogP contribution in [0.5, 0.6) is 0 Å². The van der Waals surface area contributed by atoms with Crippen molar-refractivity contribution >= 4 is 40.4 Å². The Labute approximate surface area is 180 Å². The van der Waals surface area contributed by atoms with Crippen molar-refractivity contribution in [2.24, 2.45) is 0 Å². The van der Waals surface area contributed by atoms with E-state index >= 15 is 0 Å². The Bertz CT molecular complexity index is 1010. The fourth-order valence-electron chi connectivity index (χ4n) is 3.75. The molecule has 4 rings (SSSR count). The minimum absolute atomic E-state index is 0.134. The molecule has 1 aliphatic rings. The van der Waals surface area contributed by atoms with Crippen LogP contribution in [0.1, 0.15) is 41.5 Å². The number of carbonyl (C=O) groups is 1. The van der Waals surface area contributed by atoms with Gasteiger partial charge >= 0.3 is 0 Å². The summed E-state index contributed by atoms with van der Waals surface area (Å²) in [6, 6.07) is 11.9. The Morgan fingerprint density at radius 1 is 1.21 bits per heavy atom. The second-order valence-electron chi connectivity index (χ2n) is 7.34. The van der Waals surface area contributed by atoms with Gasteiger partial charge in [-0.15, -0.1) is 11.6 Å². The second-order valence-corrected chi connectivity index (χ2v) is 8.40. The number of halogens is 2. The Morgan fingerprint density at radius 3 is 2.62 bits per heavy atom. The molecule has 1 aliphatic heterocycles. The summed E-state index contributed by atoms with van der Waals surface area (Å²) in [5.74, 6) is -0.134. The highest BCUT2D eigenvalue weighted by Crippen LogP contribution is 2.23. The summed E-state index contributed by atoms with van der Waals surface area (Å²) in [4.78, 5) is 19.8. The Morgan fingerprint density at radius 2 is 1.93 bits per heavy atom. The number of aryl methyl sites for hydroxylation is 1. The van der Waals surface area contributed by atoms with Crippen LogP contribution in [0, 0.1) is 0 Å². The number of carbonyl (C=O) groups excluding carboxylic acids is 1. The third kappa shape index (κ3) is 4.36. The molecule has 3 aromatic rings. The lowest BCUT2D eigenvalue weighted by atomic mass is 10.1. The number of hydrogen-bond acceptors (Lipinski definition) is 3. The van der Waals surface area contributed by atoms with Crippen molar-refractivity contribution in [3.63, 3.8) is 0 Å². The summed E-state index contributed by atoms with van der Waals surface area (Å²) in [5, 5.41) is 3.92. The van der Waals surface area contributed by atoms with E-state index in [0.29, 0.717) is 34.7 Å². The fourth-order valence-corrected chi connectivity index (χ4v) is 4.10. The summed E-state index contributed by atoms with van der Waals surface area (Å²) in [7, 11) is 0. The molecule has 0 aliphatic carbocycles. The van der Waals surface area contributed by atoms with Gasteiger partial charge < -0.3 is 10.2 Å². The van der Waals surface area contributed by atoms with Gasteiger partial charge in [-0.3, -0.25) is 9.20 Å². The molecule has 0 bridgehead atoms. The van der Waals surface area contributed by atoms with Gasteiger partial charge in [0.15, 0.2) is 0 Å². The number of piperidine rings is 1. The van der Waals surface area contributed by atoms with Gasteiger partial charge in [-0.25, -0.2) is 4.98 Å². The minimum Gasteiger partial charge on any atom is -0.371 e. The van der Waals surface area contributed by atoms with Crippen LogP contribution >= 0.6 is 23.2 Å². The molecular weight excluding hydrogens is 407 g/mol. The van der Waals surface area contributed by atoms with E-state index in [1.165, 1.54) is 5.69 Å². The molecule has 5 nitrogen and oxygen atoms in total. The van der Waals surface area contributed by atoms with Crippen molar-refractivity contribution in [1.82, 2.24) is 14.7 Å². The summed E-state index contributed by atoms with van der Waals surface area (Å²) in [5.41, 5.74) is 4.28. The molecule has 0 atom stereocenters. The number of aromatic nitrogens is 2. The predicted octanol–water partition coefficient (Wildman–Crippen LogP) is 4.69. The SMILES string of the molecule is CCc1nc2cc(Cl)ccn2c1C(=O)NCc1ccc(N2CCC(Cl)CC2)cc1. The van der Waals surface area contributed by atoms with Crippen molar-refractivity contribution in [3.05, 3.63) is 64.6 Å². The number of pyridine rings is 1. The van der Waals surface area contributed by atoms with Crippen LogP contribution < -0.4 is 10.2 Å². The van der Waals surface area contributed by atoms with E-state index in [1.54, 1.807) is 22.7 Å². The highest BCUT2D eigenvalue weighted by atomic mass is 35.5. The molecule has 1 aromatic carbocycles. The third-order valence-electron chi connectivity index (χ3n) is 5.39. The monoisotopic (exact) mass is 430 g/mol. The van der Waals surface area contributed by atoms with Crippen molar-refractivity contribution in [2.45, 2.75) is 38.1 Å². The van der Waals surface area contributed by atoms with E-state index in [-0.39, 0.29) is 5.91 Å². The van der Waals surface area contributed by atoms with E-state index < -0.39 is 0 Å². The van der Waals surface area contributed by atoms with Crippen LogP contribution in [0.4, 0.5) is 5.69 Å². The van der Waals surface area contributed by atoms with E-state index in [4.69, 9.17) is 23.2 Å². The van der Waals surface area contributed by atoms with Gasteiger partial charge in [0.25, 0.3) is 5.91 Å². The van der Waals surface area contributed by atoms with E-state index in [9.17, 15) is 4.79 Å². The van der Waals surface area contributed by atoms with Crippen LogP contribution in [0.15, 0.2) is 42.6 Å². The molecule has 1 N–H and O–H groups in total. The predicted molar refractivity (Wildman–Crippen MR) is 118 cm³/mol. The smallest absolute Gasteiger partial charge is 0.270 e. The quantitative estimate of drug-likeness (QED) is 0.597. The molecule has 7 heteroatoms. The molecule has 0 saturated carbocycles. The first-order chi connectivity index (χ1) is 14.0. The summed E-state index contributed by atoms with van der Waals surface area (Å²) >= 11 is 12.3. The zero-order valence-electron chi connectivity index (χ0n) is 16.4. The molecule has 0 spiro atoms. The number of hydrogen-bond donors (Lipinski definition) is 1. The molecule has 29 heavy (non-hydrogen) atoms. The number of nitrogens with zero attached hydrogens (tertiary/aromatic N) is 3. The number of amides is 1. The van der Waals surface area contributed by atoms with Crippen molar-refractivity contribution < 1.29 is 4.79 Å². The summed E-state index contributed by atoms with van der Waals surface area (Å²) in [6.45, 7) is 4.43. The number of anilines is 1. The first-order valence-corrected chi connectivity index (χ1v) is 10.8. The van der Waals surface area contributed by atoms with Crippen LogP contribution in [-0.2, 0) is 13.0 Å². The van der Waals surface area contributed by atoms with Crippen molar-refractivity contribution in [2.75, 3.05) is 18.0 Å². The molecule has 1 fully saturated rings. The molecule has 0 radical (unpaired) electrons. The van der Waals surface area contributed by atoms with Crippen LogP contribution in [0.3, 0.4) is 0 Å². The lowest BCUT2D eigenvalue weighted by molar-refractivity contribution is 0.0944. The number of benzene rings is 1. The number of imidazole rings is 1. The average molecular weight is 431 g/mol. The van der Waals surface area contributed by atoms with Gasteiger partial charge in [0.05, 0.1) is 5.69 Å². The largest absolute Gasteiger partial charge is 0.371 e. The van der Waals surface area contributed by atoms with Gasteiger partial charge in [-0.2, -0.15) is 0 Å². The molecule has 2 aromatic heterocycles. The number of rotatable bonds is 5. The maximum absolute atomic E-state index is 12.9. The van der Waals surface area contributed by atoms with Gasteiger partial charge in [0.2, 0.25) is 0 Å². The number of alkyl halides is 1. The standard InChI is InChI=1S/C22H24Cl2N4O/c1-2-19-21(28-12-9-17(24)13-20(28)26-19)22(29)25-14-15-3-5-18(6-4-15)27-10-7-16(23)8-11-27/h3-6,9,12-13,16H,2,7-8,10-11,14H2,1H3,(H,25,29). The maximum atomic E-state index is 12.9. The third-order valence-corrected chi connectivity index (χ3v) is 6.06. The van der Waals surface area contributed by atoms with Crippen LogP contribution in [0.25, 0.3) is 5.65 Å². The molecule has 152 valence electrons. The Kier molecular flexibility index (Phi) is 5.97. The summed E-state index contributed by atoms with van der Waals surface area (Å²) < 4.78 is 1.80. The first-order valence-electron chi connectivity index (χ1n) is 9.98. The lowest BCUT2D eigenvalue weighted by Crippen LogP contribution is -2.33. The highest BCUT2D eigenvalue weighted by Gasteiger charge is 2.19.